The molecule has 2 aromatic rings. The summed E-state index contributed by atoms with van der Waals surface area (Å²) >= 11 is 0. The maximum absolute atomic E-state index is 13.0. The van der Waals surface area contributed by atoms with E-state index < -0.39 is 15.9 Å². The molecule has 9 heteroatoms. The Labute approximate surface area is 182 Å². The molecule has 1 heterocycles. The van der Waals surface area contributed by atoms with Crippen molar-refractivity contribution in [3.8, 4) is 11.5 Å². The van der Waals surface area contributed by atoms with Crippen molar-refractivity contribution in [2.24, 2.45) is 0 Å². The van der Waals surface area contributed by atoms with Crippen LogP contribution in [0.3, 0.4) is 0 Å². The molecule has 1 aliphatic heterocycles. The van der Waals surface area contributed by atoms with Crippen molar-refractivity contribution in [1.82, 2.24) is 4.31 Å². The van der Waals surface area contributed by atoms with Crippen LogP contribution in [0.4, 0.5) is 5.69 Å². The van der Waals surface area contributed by atoms with Crippen LogP contribution in [-0.4, -0.2) is 58.7 Å². The fourth-order valence-electron chi connectivity index (χ4n) is 3.16. The Morgan fingerprint density at radius 2 is 1.94 bits per heavy atom. The van der Waals surface area contributed by atoms with Crippen LogP contribution >= 0.6 is 0 Å². The predicted molar refractivity (Wildman–Crippen MR) is 117 cm³/mol. The molecule has 0 radical (unpaired) electrons. The summed E-state index contributed by atoms with van der Waals surface area (Å²) in [6.07, 6.45) is 1.61. The minimum atomic E-state index is -3.68. The van der Waals surface area contributed by atoms with E-state index in [2.05, 4.69) is 11.9 Å². The summed E-state index contributed by atoms with van der Waals surface area (Å²) < 4.78 is 43.5. The van der Waals surface area contributed by atoms with Crippen molar-refractivity contribution < 1.29 is 27.4 Å². The molecular formula is C22H26N2O6S. The number of morpholine rings is 1. The van der Waals surface area contributed by atoms with Gasteiger partial charge in [0.15, 0.2) is 11.5 Å². The zero-order chi connectivity index (χ0) is 22.4. The van der Waals surface area contributed by atoms with Gasteiger partial charge in [-0.3, -0.25) is 4.79 Å². The fraction of sp³-hybridized carbons (Fsp3) is 0.318. The number of aryl methyl sites for hydroxylation is 1. The number of anilines is 1. The first-order chi connectivity index (χ1) is 14.9. The zero-order valence-corrected chi connectivity index (χ0v) is 18.4. The highest BCUT2D eigenvalue weighted by Crippen LogP contribution is 2.29. The summed E-state index contributed by atoms with van der Waals surface area (Å²) in [7, 11) is -2.20. The Bertz CT molecular complexity index is 1060. The van der Waals surface area contributed by atoms with Gasteiger partial charge in [-0.05, 0) is 42.8 Å². The highest BCUT2D eigenvalue weighted by Gasteiger charge is 2.28. The Balaban J connectivity index is 1.82. The first-order valence-corrected chi connectivity index (χ1v) is 11.2. The van der Waals surface area contributed by atoms with Gasteiger partial charge in [-0.25, -0.2) is 8.42 Å². The number of hydrogen-bond acceptors (Lipinski definition) is 6. The number of benzene rings is 2. The topological polar surface area (TPSA) is 94.2 Å². The minimum Gasteiger partial charge on any atom is -0.493 e. The number of nitrogens with zero attached hydrogens (tertiary/aromatic N) is 1. The normalized spacial score (nSPS) is 14.6. The number of sulfonamides is 1. The molecule has 1 amide bonds. The fourth-order valence-corrected chi connectivity index (χ4v) is 4.82. The summed E-state index contributed by atoms with van der Waals surface area (Å²) in [5, 5.41) is 2.76. The third-order valence-corrected chi connectivity index (χ3v) is 6.86. The Morgan fingerprint density at radius 1 is 1.19 bits per heavy atom. The van der Waals surface area contributed by atoms with Gasteiger partial charge in [0.2, 0.25) is 10.0 Å². The second-order valence-electron chi connectivity index (χ2n) is 6.92. The molecule has 1 fully saturated rings. The summed E-state index contributed by atoms with van der Waals surface area (Å²) in [5.41, 5.74) is 1.34. The van der Waals surface area contributed by atoms with Crippen LogP contribution in [-0.2, 0) is 14.8 Å². The summed E-state index contributed by atoms with van der Waals surface area (Å²) in [4.78, 5) is 12.9. The number of nitrogens with one attached hydrogen (secondary N) is 1. The lowest BCUT2D eigenvalue weighted by Gasteiger charge is -2.26. The molecule has 1 saturated heterocycles. The third-order valence-electron chi connectivity index (χ3n) is 4.82. The predicted octanol–water partition coefficient (Wildman–Crippen LogP) is 2.84. The molecule has 31 heavy (non-hydrogen) atoms. The molecule has 0 unspecified atom stereocenters. The lowest BCUT2D eigenvalue weighted by atomic mass is 10.1. The van der Waals surface area contributed by atoms with Gasteiger partial charge in [-0.1, -0.05) is 18.7 Å². The zero-order valence-electron chi connectivity index (χ0n) is 17.6. The molecule has 0 bridgehead atoms. The van der Waals surface area contributed by atoms with Crippen molar-refractivity contribution in [3.63, 3.8) is 0 Å². The molecule has 0 atom stereocenters. The monoisotopic (exact) mass is 446 g/mol. The summed E-state index contributed by atoms with van der Waals surface area (Å²) in [6.45, 7) is 6.98. The van der Waals surface area contributed by atoms with E-state index in [0.29, 0.717) is 61.2 Å². The molecule has 1 aliphatic rings. The van der Waals surface area contributed by atoms with Crippen LogP contribution in [0.5, 0.6) is 11.5 Å². The van der Waals surface area contributed by atoms with E-state index in [0.717, 1.165) is 0 Å². The summed E-state index contributed by atoms with van der Waals surface area (Å²) in [6, 6.07) is 9.64. The quantitative estimate of drug-likeness (QED) is 0.627. The van der Waals surface area contributed by atoms with Gasteiger partial charge in [-0.15, -0.1) is 0 Å². The third kappa shape index (κ3) is 5.25. The molecule has 0 saturated carbocycles. The molecular weight excluding hydrogens is 420 g/mol. The van der Waals surface area contributed by atoms with Crippen molar-refractivity contribution >= 4 is 21.6 Å². The SMILES string of the molecule is C=CCOc1ccc(C(=O)Nc2ccc(C)c(S(=O)(=O)N3CCOCC3)c2)cc1OC. The van der Waals surface area contributed by atoms with Gasteiger partial charge in [-0.2, -0.15) is 4.31 Å². The summed E-state index contributed by atoms with van der Waals surface area (Å²) in [5.74, 6) is 0.509. The Kier molecular flexibility index (Phi) is 7.32. The molecule has 0 aromatic heterocycles. The number of carbonyl (C=O) groups excluding carboxylic acids is 1. The second-order valence-corrected chi connectivity index (χ2v) is 8.82. The van der Waals surface area contributed by atoms with E-state index in [9.17, 15) is 13.2 Å². The van der Waals surface area contributed by atoms with Gasteiger partial charge in [0, 0.05) is 24.3 Å². The van der Waals surface area contributed by atoms with E-state index in [4.69, 9.17) is 14.2 Å². The number of ether oxygens (including phenoxy) is 3. The smallest absolute Gasteiger partial charge is 0.255 e. The standard InChI is InChI=1S/C22H26N2O6S/c1-4-11-30-19-8-6-17(14-20(19)28-3)22(25)23-18-7-5-16(2)21(15-18)31(26,27)24-9-12-29-13-10-24/h4-8,14-15H,1,9-13H2,2-3H3,(H,23,25). The van der Waals surface area contributed by atoms with Crippen LogP contribution in [0, 0.1) is 6.92 Å². The molecule has 0 spiro atoms. The van der Waals surface area contributed by atoms with E-state index in [1.807, 2.05) is 0 Å². The lowest BCUT2D eigenvalue weighted by molar-refractivity contribution is 0.0730. The van der Waals surface area contributed by atoms with Gasteiger partial charge in [0.05, 0.1) is 25.2 Å². The molecule has 2 aromatic carbocycles. The van der Waals surface area contributed by atoms with Gasteiger partial charge in [0.1, 0.15) is 6.61 Å². The molecule has 166 valence electrons. The van der Waals surface area contributed by atoms with Crippen LogP contribution in [0.15, 0.2) is 53.9 Å². The average molecular weight is 447 g/mol. The van der Waals surface area contributed by atoms with Gasteiger partial charge in [0.25, 0.3) is 5.91 Å². The Hall–Kier alpha value is -2.88. The maximum atomic E-state index is 13.0. The van der Waals surface area contributed by atoms with Crippen LogP contribution in [0.2, 0.25) is 0 Å². The molecule has 1 N–H and O–H groups in total. The Morgan fingerprint density at radius 3 is 2.61 bits per heavy atom. The second kappa shape index (κ2) is 9.95. The van der Waals surface area contributed by atoms with Crippen LogP contribution < -0.4 is 14.8 Å². The number of rotatable bonds is 8. The largest absolute Gasteiger partial charge is 0.493 e. The number of amides is 1. The van der Waals surface area contributed by atoms with Crippen molar-refractivity contribution in [3.05, 3.63) is 60.2 Å². The molecule has 0 aliphatic carbocycles. The van der Waals surface area contributed by atoms with E-state index in [1.165, 1.54) is 17.5 Å². The average Bonchev–Trinajstić information content (AvgIpc) is 2.79. The van der Waals surface area contributed by atoms with E-state index in [1.54, 1.807) is 43.3 Å². The maximum Gasteiger partial charge on any atom is 0.255 e. The number of hydrogen-bond donors (Lipinski definition) is 1. The van der Waals surface area contributed by atoms with Gasteiger partial charge < -0.3 is 19.5 Å². The number of methoxy groups -OCH3 is 1. The van der Waals surface area contributed by atoms with E-state index >= 15 is 0 Å². The lowest BCUT2D eigenvalue weighted by Crippen LogP contribution is -2.40. The van der Waals surface area contributed by atoms with E-state index in [-0.39, 0.29) is 4.90 Å². The minimum absolute atomic E-state index is 0.165. The highest BCUT2D eigenvalue weighted by molar-refractivity contribution is 7.89. The van der Waals surface area contributed by atoms with Crippen molar-refractivity contribution in [2.45, 2.75) is 11.8 Å². The first kappa shape index (κ1) is 22.8. The molecule has 8 nitrogen and oxygen atoms in total. The number of carbonyl (C=O) groups is 1. The van der Waals surface area contributed by atoms with Crippen molar-refractivity contribution in [1.29, 1.82) is 0 Å². The highest BCUT2D eigenvalue weighted by atomic mass is 32.2. The van der Waals surface area contributed by atoms with Crippen LogP contribution in [0.1, 0.15) is 15.9 Å². The molecule has 3 rings (SSSR count). The van der Waals surface area contributed by atoms with Crippen LogP contribution in [0.25, 0.3) is 0 Å². The van der Waals surface area contributed by atoms with Crippen molar-refractivity contribution in [2.75, 3.05) is 45.3 Å². The van der Waals surface area contributed by atoms with Gasteiger partial charge >= 0.3 is 0 Å². The first-order valence-electron chi connectivity index (χ1n) is 9.78.